The number of nitrogens with zero attached hydrogens (tertiary/aromatic N) is 2. The molecule has 0 aliphatic carbocycles. The van der Waals surface area contributed by atoms with Crippen LogP contribution >= 0.6 is 0 Å². The van der Waals surface area contributed by atoms with Gasteiger partial charge in [0.2, 0.25) is 0 Å². The molecule has 1 unspecified atom stereocenters. The van der Waals surface area contributed by atoms with E-state index in [0.717, 1.165) is 75.1 Å². The molecule has 214 valence electrons. The average Bonchev–Trinajstić information content (AvgIpc) is 2.98. The van der Waals surface area contributed by atoms with Gasteiger partial charge in [-0.05, 0) is 78.1 Å². The Kier molecular flexibility index (Phi) is 8.49. The van der Waals surface area contributed by atoms with Crippen molar-refractivity contribution in [2.75, 3.05) is 26.2 Å². The SMILES string of the molecule is C=C1CCN(C(=C)C(C)(C)Cc2cccc(C3CCCN(C(=C)c4cccc(-c5ccc(F)c(F)c5)c4)C3)c2)CC1. The standard InChI is InChI=1S/C37H42F2N2/c1-26-16-19-40(20-17-26)28(3)37(4,5)24-29-9-6-11-31(21-29)34-13-8-18-41(25-34)27(2)30-10-7-12-32(22-30)33-14-15-35(38)36(39)23-33/h6-7,9-12,14-15,21-23,34H,1-3,8,13,16-20,24-25H2,4-5H3. The summed E-state index contributed by atoms with van der Waals surface area (Å²) in [7, 11) is 0. The van der Waals surface area contributed by atoms with Crippen molar-refractivity contribution < 1.29 is 8.78 Å². The lowest BCUT2D eigenvalue weighted by Crippen LogP contribution is -2.36. The van der Waals surface area contributed by atoms with Crippen molar-refractivity contribution >= 4 is 5.70 Å². The van der Waals surface area contributed by atoms with Gasteiger partial charge >= 0.3 is 0 Å². The summed E-state index contributed by atoms with van der Waals surface area (Å²) in [5.41, 5.74) is 8.76. The molecule has 2 saturated heterocycles. The molecule has 5 rings (SSSR count). The zero-order valence-electron chi connectivity index (χ0n) is 24.6. The molecule has 0 amide bonds. The number of allylic oxidation sites excluding steroid dienone is 1. The Morgan fingerprint density at radius 2 is 1.59 bits per heavy atom. The van der Waals surface area contributed by atoms with Crippen LogP contribution in [0.15, 0.2) is 97.7 Å². The van der Waals surface area contributed by atoms with E-state index in [9.17, 15) is 8.78 Å². The van der Waals surface area contributed by atoms with Crippen molar-refractivity contribution in [1.29, 1.82) is 0 Å². The monoisotopic (exact) mass is 552 g/mol. The van der Waals surface area contributed by atoms with E-state index < -0.39 is 11.6 Å². The first-order valence-electron chi connectivity index (χ1n) is 14.8. The van der Waals surface area contributed by atoms with E-state index in [0.29, 0.717) is 11.5 Å². The molecule has 3 aromatic carbocycles. The minimum Gasteiger partial charge on any atom is -0.374 e. The normalized spacial score (nSPS) is 18.0. The van der Waals surface area contributed by atoms with Crippen LogP contribution in [-0.2, 0) is 6.42 Å². The lowest BCUT2D eigenvalue weighted by Gasteiger charge is -2.40. The van der Waals surface area contributed by atoms with E-state index in [1.807, 2.05) is 24.3 Å². The first kappa shape index (κ1) is 28.9. The predicted octanol–water partition coefficient (Wildman–Crippen LogP) is 9.22. The quantitative estimate of drug-likeness (QED) is 0.257. The molecule has 3 aromatic rings. The number of rotatable bonds is 8. The molecule has 2 heterocycles. The van der Waals surface area contributed by atoms with Gasteiger partial charge in [-0.2, -0.15) is 0 Å². The molecular weight excluding hydrogens is 510 g/mol. The second-order valence-corrected chi connectivity index (χ2v) is 12.4. The van der Waals surface area contributed by atoms with Gasteiger partial charge in [0, 0.05) is 48.9 Å². The Morgan fingerprint density at radius 3 is 2.34 bits per heavy atom. The van der Waals surface area contributed by atoms with Gasteiger partial charge in [0.05, 0.1) is 0 Å². The fraction of sp³-hybridized carbons (Fsp3) is 0.351. The number of piperidine rings is 2. The van der Waals surface area contributed by atoms with Gasteiger partial charge in [0.25, 0.3) is 0 Å². The van der Waals surface area contributed by atoms with Crippen LogP contribution < -0.4 is 0 Å². The zero-order chi connectivity index (χ0) is 29.1. The molecule has 0 N–H and O–H groups in total. The van der Waals surface area contributed by atoms with Crippen molar-refractivity contribution in [3.05, 3.63) is 126 Å². The minimum absolute atomic E-state index is 0.0252. The summed E-state index contributed by atoms with van der Waals surface area (Å²) in [6.07, 6.45) is 5.32. The van der Waals surface area contributed by atoms with E-state index in [2.05, 4.69) is 67.6 Å². The highest BCUT2D eigenvalue weighted by molar-refractivity contribution is 5.71. The van der Waals surface area contributed by atoms with Crippen molar-refractivity contribution in [3.8, 4) is 11.1 Å². The summed E-state index contributed by atoms with van der Waals surface area (Å²) in [4.78, 5) is 4.83. The molecule has 2 fully saturated rings. The van der Waals surface area contributed by atoms with Crippen LogP contribution in [0.1, 0.15) is 62.1 Å². The van der Waals surface area contributed by atoms with Gasteiger partial charge in [0.1, 0.15) is 0 Å². The molecule has 0 spiro atoms. The molecule has 0 bridgehead atoms. The number of benzene rings is 3. The van der Waals surface area contributed by atoms with Crippen LogP contribution in [0.25, 0.3) is 16.8 Å². The minimum atomic E-state index is -0.835. The van der Waals surface area contributed by atoms with Crippen molar-refractivity contribution in [1.82, 2.24) is 9.80 Å². The molecule has 2 aliphatic rings. The van der Waals surface area contributed by atoms with Crippen LogP contribution in [0.4, 0.5) is 8.78 Å². The van der Waals surface area contributed by atoms with E-state index in [1.54, 1.807) is 6.07 Å². The number of halogens is 2. The van der Waals surface area contributed by atoms with Crippen LogP contribution in [0.3, 0.4) is 0 Å². The summed E-state index contributed by atoms with van der Waals surface area (Å²) in [5, 5.41) is 0. The van der Waals surface area contributed by atoms with Gasteiger partial charge in [-0.25, -0.2) is 8.78 Å². The first-order chi connectivity index (χ1) is 19.6. The van der Waals surface area contributed by atoms with E-state index >= 15 is 0 Å². The summed E-state index contributed by atoms with van der Waals surface area (Å²) in [6.45, 7) is 21.7. The fourth-order valence-electron chi connectivity index (χ4n) is 6.32. The highest BCUT2D eigenvalue weighted by Crippen LogP contribution is 2.36. The Hall–Kier alpha value is -3.66. The molecular formula is C37H42F2N2. The van der Waals surface area contributed by atoms with Gasteiger partial charge < -0.3 is 9.80 Å². The van der Waals surface area contributed by atoms with Gasteiger partial charge in [-0.15, -0.1) is 0 Å². The molecule has 2 aliphatic heterocycles. The molecule has 4 heteroatoms. The maximum absolute atomic E-state index is 13.9. The predicted molar refractivity (Wildman–Crippen MR) is 167 cm³/mol. The molecule has 0 saturated carbocycles. The zero-order valence-corrected chi connectivity index (χ0v) is 24.6. The Morgan fingerprint density at radius 1 is 0.854 bits per heavy atom. The third-order valence-electron chi connectivity index (χ3n) is 8.95. The highest BCUT2D eigenvalue weighted by atomic mass is 19.2. The molecule has 0 aromatic heterocycles. The summed E-state index contributed by atoms with van der Waals surface area (Å²) >= 11 is 0. The lowest BCUT2D eigenvalue weighted by molar-refractivity contribution is 0.241. The molecule has 0 radical (unpaired) electrons. The van der Waals surface area contributed by atoms with Crippen molar-refractivity contribution in [2.24, 2.45) is 5.41 Å². The maximum atomic E-state index is 13.9. The first-order valence-corrected chi connectivity index (χ1v) is 14.8. The van der Waals surface area contributed by atoms with Crippen LogP contribution in [0.2, 0.25) is 0 Å². The number of hydrogen-bond acceptors (Lipinski definition) is 2. The number of hydrogen-bond donors (Lipinski definition) is 0. The van der Waals surface area contributed by atoms with Crippen molar-refractivity contribution in [2.45, 2.75) is 51.9 Å². The molecule has 41 heavy (non-hydrogen) atoms. The molecule has 1 atom stereocenters. The summed E-state index contributed by atoms with van der Waals surface area (Å²) in [5.74, 6) is -1.24. The summed E-state index contributed by atoms with van der Waals surface area (Å²) in [6, 6.07) is 21.1. The second kappa shape index (κ2) is 12.1. The third kappa shape index (κ3) is 6.64. The Labute approximate surface area is 244 Å². The topological polar surface area (TPSA) is 6.48 Å². The fourth-order valence-corrected chi connectivity index (χ4v) is 6.32. The van der Waals surface area contributed by atoms with Gasteiger partial charge in [-0.3, -0.25) is 0 Å². The largest absolute Gasteiger partial charge is 0.374 e. The third-order valence-corrected chi connectivity index (χ3v) is 8.95. The van der Waals surface area contributed by atoms with Crippen LogP contribution in [0, 0.1) is 17.0 Å². The maximum Gasteiger partial charge on any atom is 0.159 e. The van der Waals surface area contributed by atoms with E-state index in [1.165, 1.54) is 34.5 Å². The lowest BCUT2D eigenvalue weighted by atomic mass is 9.80. The average molecular weight is 553 g/mol. The van der Waals surface area contributed by atoms with Crippen LogP contribution in [-0.4, -0.2) is 36.0 Å². The van der Waals surface area contributed by atoms with E-state index in [4.69, 9.17) is 0 Å². The Balaban J connectivity index is 1.27. The van der Waals surface area contributed by atoms with Crippen molar-refractivity contribution in [3.63, 3.8) is 0 Å². The van der Waals surface area contributed by atoms with E-state index in [-0.39, 0.29) is 5.41 Å². The smallest absolute Gasteiger partial charge is 0.159 e. The van der Waals surface area contributed by atoms with Gasteiger partial charge in [0.15, 0.2) is 11.6 Å². The number of likely N-dealkylation sites (tertiary alicyclic amines) is 2. The second-order valence-electron chi connectivity index (χ2n) is 12.4. The van der Waals surface area contributed by atoms with Gasteiger partial charge in [-0.1, -0.05) is 87.7 Å². The Bertz CT molecular complexity index is 1440. The van der Waals surface area contributed by atoms with Crippen LogP contribution in [0.5, 0.6) is 0 Å². The molecule has 2 nitrogen and oxygen atoms in total. The highest BCUT2D eigenvalue weighted by Gasteiger charge is 2.29. The summed E-state index contributed by atoms with van der Waals surface area (Å²) < 4.78 is 27.3.